The molecule has 0 amide bonds. The minimum atomic E-state index is -0.617. The second-order valence-corrected chi connectivity index (χ2v) is 23.2. The van der Waals surface area contributed by atoms with Gasteiger partial charge in [-0.1, -0.05) is 248 Å². The van der Waals surface area contributed by atoms with Crippen LogP contribution in [0.4, 0.5) is 0 Å². The Kier molecular flexibility index (Phi) is 14.4. The molecule has 2 fully saturated rings. The summed E-state index contributed by atoms with van der Waals surface area (Å²) in [6, 6.07) is 71.3. The van der Waals surface area contributed by atoms with Gasteiger partial charge in [-0.25, -0.2) is 0 Å². The normalized spacial score (nSPS) is 18.8. The van der Waals surface area contributed by atoms with Crippen molar-refractivity contribution in [1.29, 1.82) is 0 Å². The van der Waals surface area contributed by atoms with E-state index in [4.69, 9.17) is 0 Å². The van der Waals surface area contributed by atoms with E-state index in [9.17, 15) is 20.4 Å². The van der Waals surface area contributed by atoms with Gasteiger partial charge < -0.3 is 20.4 Å². The SMILES string of the molecule is C.C.OCC1(C2(C3(CO)c4ccccc4-c4ccccc43)CCCCC2)c2ccccc2-c2ccccc21.OCCCC1(C2(C3(CCCO)c4ccccc4-c4ccccc43)CCCCC2)c2ccccc2-c2ccccc21. The van der Waals surface area contributed by atoms with Crippen LogP contribution in [-0.4, -0.2) is 46.9 Å². The molecule has 6 aliphatic rings. The van der Waals surface area contributed by atoms with Crippen molar-refractivity contribution >= 4 is 0 Å². The third-order valence-electron chi connectivity index (χ3n) is 20.8. The molecule has 0 aliphatic heterocycles. The molecule has 4 heteroatoms. The van der Waals surface area contributed by atoms with Crippen molar-refractivity contribution in [3.8, 4) is 44.5 Å². The topological polar surface area (TPSA) is 80.9 Å². The summed E-state index contributed by atoms with van der Waals surface area (Å²) in [7, 11) is 0. The lowest BCUT2D eigenvalue weighted by Gasteiger charge is -2.62. The number of fused-ring (bicyclic) bond motifs is 12. The first-order chi connectivity index (χ1) is 37.5. The summed E-state index contributed by atoms with van der Waals surface area (Å²) in [6.07, 6.45) is 14.6. The minimum Gasteiger partial charge on any atom is -0.396 e. The molecule has 0 aromatic heterocycles. The molecule has 2 saturated carbocycles. The highest BCUT2D eigenvalue weighted by atomic mass is 16.3. The van der Waals surface area contributed by atoms with Gasteiger partial charge in [-0.05, 0) is 146 Å². The molecule has 8 aromatic carbocycles. The van der Waals surface area contributed by atoms with Crippen LogP contribution < -0.4 is 0 Å². The Morgan fingerprint density at radius 1 is 0.256 bits per heavy atom. The predicted molar refractivity (Wildman–Crippen MR) is 322 cm³/mol. The van der Waals surface area contributed by atoms with Gasteiger partial charge in [0.1, 0.15) is 0 Å². The van der Waals surface area contributed by atoms with Gasteiger partial charge in [0, 0.05) is 29.5 Å². The van der Waals surface area contributed by atoms with Crippen LogP contribution in [0.25, 0.3) is 44.5 Å². The lowest BCUT2D eigenvalue weighted by molar-refractivity contribution is -0.0361. The number of hydrogen-bond donors (Lipinski definition) is 4. The molecule has 8 aromatic rings. The van der Waals surface area contributed by atoms with Crippen molar-refractivity contribution < 1.29 is 20.4 Å². The van der Waals surface area contributed by atoms with Crippen LogP contribution in [0.15, 0.2) is 194 Å². The quantitative estimate of drug-likeness (QED) is 0.0983. The van der Waals surface area contributed by atoms with E-state index in [2.05, 4.69) is 194 Å². The van der Waals surface area contributed by atoms with Crippen molar-refractivity contribution in [2.75, 3.05) is 26.4 Å². The Balaban J connectivity index is 0.000000162. The summed E-state index contributed by atoms with van der Waals surface area (Å²) in [5.41, 5.74) is 18.7. The standard InChI is InChI=1S/C38H40O2.C34H32O2.2CH4/c39-26-12-24-37(32-18-6-2-14-28(32)29-15-3-7-19-33(29)37)36(22-10-1-11-23-36)38(25-13-27-40)34-20-8-4-16-30(34)31-17-5-9-21-35(31)38;35-22-33(28-16-6-2-12-24(28)25-13-3-7-17-29(25)33)32(20-10-1-11-21-32)34(23-36)30-18-8-4-14-26(30)27-15-5-9-19-31(27)34;;/h2-9,14-21,39-40H,1,10-13,22-27H2;2-9,12-19,35-36H,1,10-11,20-23H2;2*1H4. The van der Waals surface area contributed by atoms with Crippen LogP contribution in [-0.2, 0) is 21.7 Å². The molecule has 14 rings (SSSR count). The zero-order valence-corrected chi connectivity index (χ0v) is 44.0. The van der Waals surface area contributed by atoms with Gasteiger partial charge in [0.25, 0.3) is 0 Å². The van der Waals surface area contributed by atoms with E-state index in [-0.39, 0.29) is 57.5 Å². The first kappa shape index (κ1) is 53.6. The average Bonchev–Trinajstić information content (AvgIpc) is 4.04. The molecule has 0 atom stereocenters. The zero-order chi connectivity index (χ0) is 51.6. The number of benzene rings is 8. The van der Waals surface area contributed by atoms with Crippen LogP contribution in [0.1, 0.15) is 149 Å². The van der Waals surface area contributed by atoms with Gasteiger partial charge in [0.05, 0.1) is 24.0 Å². The number of aliphatic hydroxyl groups excluding tert-OH is 4. The monoisotopic (exact) mass is 1030 g/mol. The Hall–Kier alpha value is -6.40. The Labute approximate surface area is 464 Å². The summed E-state index contributed by atoms with van der Waals surface area (Å²) in [5.74, 6) is 0. The first-order valence-corrected chi connectivity index (χ1v) is 28.7. The maximum Gasteiger partial charge on any atom is 0.0575 e. The van der Waals surface area contributed by atoms with Crippen LogP contribution >= 0.6 is 0 Å². The van der Waals surface area contributed by atoms with Crippen molar-refractivity contribution in [2.24, 2.45) is 10.8 Å². The van der Waals surface area contributed by atoms with Crippen molar-refractivity contribution in [3.05, 3.63) is 239 Å². The fraction of sp³-hybridized carbons (Fsp3) is 0.351. The van der Waals surface area contributed by atoms with Gasteiger partial charge in [0.2, 0.25) is 0 Å². The smallest absolute Gasteiger partial charge is 0.0575 e. The zero-order valence-electron chi connectivity index (χ0n) is 44.0. The van der Waals surface area contributed by atoms with Crippen LogP contribution in [0.5, 0.6) is 0 Å². The number of aliphatic hydroxyl groups is 4. The molecule has 400 valence electrons. The van der Waals surface area contributed by atoms with Gasteiger partial charge in [-0.3, -0.25) is 0 Å². The summed E-state index contributed by atoms with van der Waals surface area (Å²) >= 11 is 0. The molecule has 0 bridgehead atoms. The summed E-state index contributed by atoms with van der Waals surface area (Å²) < 4.78 is 0. The van der Waals surface area contributed by atoms with Crippen LogP contribution in [0.3, 0.4) is 0 Å². The van der Waals surface area contributed by atoms with E-state index >= 15 is 0 Å². The minimum absolute atomic E-state index is 0. The van der Waals surface area contributed by atoms with Crippen LogP contribution in [0.2, 0.25) is 0 Å². The second kappa shape index (κ2) is 21.0. The van der Waals surface area contributed by atoms with Crippen molar-refractivity contribution in [1.82, 2.24) is 0 Å². The van der Waals surface area contributed by atoms with Gasteiger partial charge >= 0.3 is 0 Å². The summed E-state index contributed by atoms with van der Waals surface area (Å²) in [6.45, 7) is 0.429. The largest absolute Gasteiger partial charge is 0.396 e. The van der Waals surface area contributed by atoms with E-state index in [1.165, 1.54) is 115 Å². The summed E-state index contributed by atoms with van der Waals surface area (Å²) in [4.78, 5) is 0. The van der Waals surface area contributed by atoms with Gasteiger partial charge in [-0.15, -0.1) is 0 Å². The van der Waals surface area contributed by atoms with E-state index in [0.717, 1.165) is 64.2 Å². The molecular formula is C74H80O4. The molecule has 4 N–H and O–H groups in total. The van der Waals surface area contributed by atoms with Crippen LogP contribution in [0, 0.1) is 10.8 Å². The second-order valence-electron chi connectivity index (χ2n) is 23.2. The third kappa shape index (κ3) is 6.92. The molecular weight excluding hydrogens is 953 g/mol. The molecule has 0 saturated heterocycles. The third-order valence-corrected chi connectivity index (χ3v) is 20.8. The number of rotatable bonds is 12. The molecule has 0 unspecified atom stereocenters. The maximum atomic E-state index is 11.7. The molecule has 4 nitrogen and oxygen atoms in total. The first-order valence-electron chi connectivity index (χ1n) is 28.7. The molecule has 0 heterocycles. The maximum absolute atomic E-state index is 11.7. The molecule has 78 heavy (non-hydrogen) atoms. The van der Waals surface area contributed by atoms with E-state index in [0.29, 0.717) is 0 Å². The average molecular weight is 1030 g/mol. The highest BCUT2D eigenvalue weighted by Gasteiger charge is 2.70. The molecule has 6 aliphatic carbocycles. The highest BCUT2D eigenvalue weighted by Crippen LogP contribution is 2.75. The lowest BCUT2D eigenvalue weighted by atomic mass is 9.40. The Bertz CT molecular complexity index is 3050. The Morgan fingerprint density at radius 3 is 0.654 bits per heavy atom. The van der Waals surface area contributed by atoms with E-state index in [1.807, 2.05) is 0 Å². The number of hydrogen-bond acceptors (Lipinski definition) is 4. The fourth-order valence-electron chi connectivity index (χ4n) is 18.5. The molecule has 0 radical (unpaired) electrons. The van der Waals surface area contributed by atoms with Crippen molar-refractivity contribution in [2.45, 2.75) is 126 Å². The van der Waals surface area contributed by atoms with Crippen molar-refractivity contribution in [3.63, 3.8) is 0 Å². The molecule has 0 spiro atoms. The van der Waals surface area contributed by atoms with E-state index in [1.54, 1.807) is 0 Å². The van der Waals surface area contributed by atoms with Gasteiger partial charge in [0.15, 0.2) is 0 Å². The lowest BCUT2D eigenvalue weighted by Crippen LogP contribution is -2.62. The highest BCUT2D eigenvalue weighted by molar-refractivity contribution is 5.88. The summed E-state index contributed by atoms with van der Waals surface area (Å²) in [5, 5.41) is 44.2. The van der Waals surface area contributed by atoms with E-state index < -0.39 is 16.2 Å². The Morgan fingerprint density at radius 2 is 0.449 bits per heavy atom. The van der Waals surface area contributed by atoms with Gasteiger partial charge in [-0.2, -0.15) is 0 Å². The predicted octanol–water partition coefficient (Wildman–Crippen LogP) is 16.5. The fourth-order valence-corrected chi connectivity index (χ4v) is 18.5.